The molecule has 5 heteroatoms. The Balaban J connectivity index is 2.84. The molecule has 0 saturated heterocycles. The van der Waals surface area contributed by atoms with Crippen molar-refractivity contribution in [3.63, 3.8) is 0 Å². The molecule has 0 radical (unpaired) electrons. The van der Waals surface area contributed by atoms with Gasteiger partial charge in [-0.3, -0.25) is 4.79 Å². The summed E-state index contributed by atoms with van der Waals surface area (Å²) in [4.78, 5) is 10.8. The van der Waals surface area contributed by atoms with E-state index in [1.54, 1.807) is 12.2 Å². The van der Waals surface area contributed by atoms with Gasteiger partial charge in [0, 0.05) is 6.26 Å². The number of hydrogen-bond acceptors (Lipinski definition) is 3. The first kappa shape index (κ1) is 12.0. The van der Waals surface area contributed by atoms with Gasteiger partial charge in [0.05, 0.1) is 11.3 Å². The van der Waals surface area contributed by atoms with Crippen molar-refractivity contribution in [3.05, 3.63) is 23.1 Å². The van der Waals surface area contributed by atoms with Crippen LogP contribution in [-0.4, -0.2) is 25.7 Å². The van der Waals surface area contributed by atoms with Crippen molar-refractivity contribution in [1.82, 2.24) is 0 Å². The van der Waals surface area contributed by atoms with Crippen LogP contribution in [0.3, 0.4) is 0 Å². The van der Waals surface area contributed by atoms with Gasteiger partial charge >= 0.3 is 5.97 Å². The predicted octanol–water partition coefficient (Wildman–Crippen LogP) is 1.21. The van der Waals surface area contributed by atoms with Gasteiger partial charge in [-0.1, -0.05) is 19.1 Å². The number of carbonyl (C=O) groups is 1. The Morgan fingerprint density at radius 2 is 2.13 bits per heavy atom. The molecule has 1 rings (SSSR count). The highest BCUT2D eigenvalue weighted by Gasteiger charge is 2.22. The molecule has 0 amide bonds. The van der Waals surface area contributed by atoms with E-state index >= 15 is 0 Å². The second-order valence-electron chi connectivity index (χ2n) is 3.82. The molecule has 0 bridgehead atoms. The molecular weight excluding hydrogens is 216 g/mol. The molecule has 84 valence electrons. The van der Waals surface area contributed by atoms with Crippen molar-refractivity contribution in [2.45, 2.75) is 13.3 Å². The largest absolute Gasteiger partial charge is 0.481 e. The van der Waals surface area contributed by atoms with Crippen molar-refractivity contribution >= 4 is 15.8 Å². The Morgan fingerprint density at radius 3 is 2.53 bits per heavy atom. The van der Waals surface area contributed by atoms with Crippen LogP contribution in [0.2, 0.25) is 0 Å². The fourth-order valence-electron chi connectivity index (χ4n) is 1.53. The predicted molar refractivity (Wildman–Crippen MR) is 57.0 cm³/mol. The first-order valence-electron chi connectivity index (χ1n) is 4.62. The molecule has 4 nitrogen and oxygen atoms in total. The van der Waals surface area contributed by atoms with E-state index < -0.39 is 15.8 Å². The highest BCUT2D eigenvalue weighted by Crippen LogP contribution is 2.27. The Labute approximate surface area is 89.2 Å². The van der Waals surface area contributed by atoms with Gasteiger partial charge < -0.3 is 5.11 Å². The van der Waals surface area contributed by atoms with Crippen LogP contribution >= 0.6 is 0 Å². The van der Waals surface area contributed by atoms with E-state index in [0.717, 1.165) is 6.26 Å². The minimum absolute atomic E-state index is 0.0329. The summed E-state index contributed by atoms with van der Waals surface area (Å²) in [6.07, 6.45) is 5.94. The van der Waals surface area contributed by atoms with Crippen molar-refractivity contribution in [3.8, 4) is 0 Å². The highest BCUT2D eigenvalue weighted by molar-refractivity contribution is 7.94. The van der Waals surface area contributed by atoms with Crippen LogP contribution in [0.15, 0.2) is 23.1 Å². The summed E-state index contributed by atoms with van der Waals surface area (Å²) in [7, 11) is -3.18. The second kappa shape index (κ2) is 4.18. The molecule has 1 aliphatic carbocycles. The highest BCUT2D eigenvalue weighted by atomic mass is 32.2. The number of rotatable bonds is 3. The van der Waals surface area contributed by atoms with E-state index in [9.17, 15) is 13.2 Å². The number of allylic oxidation sites excluding steroid dienone is 3. The number of hydrogen-bond donors (Lipinski definition) is 1. The summed E-state index contributed by atoms with van der Waals surface area (Å²) in [5, 5.41) is 8.64. The summed E-state index contributed by atoms with van der Waals surface area (Å²) in [6.45, 7) is 1.82. The second-order valence-corrected chi connectivity index (χ2v) is 5.84. The monoisotopic (exact) mass is 230 g/mol. The SMILES string of the molecule is CC1C=C(S(C)(=O)=O)C=CC1CC(=O)O. The number of carboxylic acid groups (broad SMARTS) is 1. The molecule has 0 aromatic heterocycles. The maximum Gasteiger partial charge on any atom is 0.303 e. The van der Waals surface area contributed by atoms with E-state index in [4.69, 9.17) is 5.11 Å². The van der Waals surface area contributed by atoms with Crippen LogP contribution in [0.1, 0.15) is 13.3 Å². The van der Waals surface area contributed by atoms with Crippen LogP contribution in [-0.2, 0) is 14.6 Å². The quantitative estimate of drug-likeness (QED) is 0.791. The summed E-state index contributed by atoms with van der Waals surface area (Å²) < 4.78 is 22.4. The van der Waals surface area contributed by atoms with Crippen LogP contribution < -0.4 is 0 Å². The molecular formula is C10H14O4S. The zero-order chi connectivity index (χ0) is 11.6. The lowest BCUT2D eigenvalue weighted by atomic mass is 9.87. The molecule has 2 unspecified atom stereocenters. The normalized spacial score (nSPS) is 26.1. The summed E-state index contributed by atoms with van der Waals surface area (Å²) >= 11 is 0. The minimum Gasteiger partial charge on any atom is -0.481 e. The van der Waals surface area contributed by atoms with Gasteiger partial charge in [0.1, 0.15) is 0 Å². The number of aliphatic carboxylic acids is 1. The van der Waals surface area contributed by atoms with E-state index in [2.05, 4.69) is 0 Å². The topological polar surface area (TPSA) is 71.4 Å². The first-order chi connectivity index (χ1) is 6.80. The standard InChI is InChI=1S/C10H14O4S/c1-7-5-9(15(2,13)14)4-3-8(7)6-10(11)12/h3-5,7-8H,6H2,1-2H3,(H,11,12). The van der Waals surface area contributed by atoms with Gasteiger partial charge in [-0.05, 0) is 17.9 Å². The van der Waals surface area contributed by atoms with Gasteiger partial charge in [-0.15, -0.1) is 0 Å². The van der Waals surface area contributed by atoms with Gasteiger partial charge in [-0.25, -0.2) is 8.42 Å². The van der Waals surface area contributed by atoms with Crippen LogP contribution in [0, 0.1) is 11.8 Å². The Morgan fingerprint density at radius 1 is 1.53 bits per heavy atom. The summed E-state index contributed by atoms with van der Waals surface area (Å²) in [5.41, 5.74) is 0. The van der Waals surface area contributed by atoms with Crippen LogP contribution in [0.5, 0.6) is 0 Å². The molecule has 0 aromatic rings. The van der Waals surface area contributed by atoms with Crippen LogP contribution in [0.25, 0.3) is 0 Å². The molecule has 2 atom stereocenters. The molecule has 0 aromatic carbocycles. The molecule has 0 saturated carbocycles. The van der Waals surface area contributed by atoms with Crippen LogP contribution in [0.4, 0.5) is 0 Å². The zero-order valence-electron chi connectivity index (χ0n) is 8.67. The summed E-state index contributed by atoms with van der Waals surface area (Å²) in [6, 6.07) is 0. The Bertz CT molecular complexity index is 417. The Hall–Kier alpha value is -1.10. The third-order valence-electron chi connectivity index (χ3n) is 2.45. The number of sulfone groups is 1. The van der Waals surface area contributed by atoms with Crippen molar-refractivity contribution in [2.75, 3.05) is 6.26 Å². The molecule has 1 N–H and O–H groups in total. The van der Waals surface area contributed by atoms with Crippen molar-refractivity contribution < 1.29 is 18.3 Å². The van der Waals surface area contributed by atoms with Crippen molar-refractivity contribution in [2.24, 2.45) is 11.8 Å². The lowest BCUT2D eigenvalue weighted by molar-refractivity contribution is -0.137. The first-order valence-corrected chi connectivity index (χ1v) is 6.51. The van der Waals surface area contributed by atoms with E-state index in [1.165, 1.54) is 6.08 Å². The van der Waals surface area contributed by atoms with Gasteiger partial charge in [0.25, 0.3) is 0 Å². The van der Waals surface area contributed by atoms with Crippen molar-refractivity contribution in [1.29, 1.82) is 0 Å². The third kappa shape index (κ3) is 3.20. The average Bonchev–Trinajstić information content (AvgIpc) is 2.05. The van der Waals surface area contributed by atoms with Gasteiger partial charge in [0.15, 0.2) is 9.84 Å². The maximum absolute atomic E-state index is 11.2. The fourth-order valence-corrected chi connectivity index (χ4v) is 2.32. The Kier molecular flexibility index (Phi) is 3.34. The molecule has 0 fully saturated rings. The zero-order valence-corrected chi connectivity index (χ0v) is 9.49. The fraction of sp³-hybridized carbons (Fsp3) is 0.500. The lowest BCUT2D eigenvalue weighted by Crippen LogP contribution is -2.17. The molecule has 0 heterocycles. The van der Waals surface area contributed by atoms with E-state index in [1.807, 2.05) is 6.92 Å². The summed E-state index contributed by atoms with van der Waals surface area (Å²) in [5.74, 6) is -1.04. The van der Waals surface area contributed by atoms with Gasteiger partial charge in [0.2, 0.25) is 0 Å². The third-order valence-corrected chi connectivity index (χ3v) is 3.58. The van der Waals surface area contributed by atoms with E-state index in [0.29, 0.717) is 0 Å². The average molecular weight is 230 g/mol. The smallest absolute Gasteiger partial charge is 0.303 e. The van der Waals surface area contributed by atoms with Gasteiger partial charge in [-0.2, -0.15) is 0 Å². The van der Waals surface area contributed by atoms with E-state index in [-0.39, 0.29) is 23.2 Å². The molecule has 0 aliphatic heterocycles. The number of carboxylic acids is 1. The molecule has 0 spiro atoms. The minimum atomic E-state index is -3.18. The maximum atomic E-state index is 11.2. The molecule has 15 heavy (non-hydrogen) atoms. The molecule has 1 aliphatic rings. The lowest BCUT2D eigenvalue weighted by Gasteiger charge is -2.20.